The van der Waals surface area contributed by atoms with Crippen LogP contribution < -0.4 is 21.1 Å². The summed E-state index contributed by atoms with van der Waals surface area (Å²) >= 11 is 0. The smallest absolute Gasteiger partial charge is 0.312 e. The van der Waals surface area contributed by atoms with E-state index in [0.29, 0.717) is 18.7 Å². The molecule has 6 heteroatoms. The van der Waals surface area contributed by atoms with Gasteiger partial charge in [0.25, 0.3) is 5.91 Å². The highest BCUT2D eigenvalue weighted by Crippen LogP contribution is 2.22. The third-order valence-electron chi connectivity index (χ3n) is 3.90. The quantitative estimate of drug-likeness (QED) is 0.632. The molecule has 6 nitrogen and oxygen atoms in total. The molecule has 0 spiro atoms. The molecule has 138 valence electrons. The molecule has 0 saturated heterocycles. The maximum absolute atomic E-state index is 12.4. The molecule has 0 bridgehead atoms. The van der Waals surface area contributed by atoms with Gasteiger partial charge in [0.05, 0.1) is 6.61 Å². The molecular weight excluding hydrogens is 330 g/mol. The van der Waals surface area contributed by atoms with Gasteiger partial charge in [-0.2, -0.15) is 0 Å². The number of primary amides is 1. The number of urea groups is 1. The molecule has 0 radical (unpaired) electrons. The SMILES string of the molecule is CCCCOc1ccc(NC(=O)c2ccc(CNC(N)=O)cc2)c(C)c1. The van der Waals surface area contributed by atoms with Gasteiger partial charge in [-0.1, -0.05) is 25.5 Å². The Kier molecular flexibility index (Phi) is 7.02. The van der Waals surface area contributed by atoms with Crippen molar-refractivity contribution in [2.45, 2.75) is 33.2 Å². The number of ether oxygens (including phenoxy) is 1. The van der Waals surface area contributed by atoms with E-state index in [1.807, 2.05) is 25.1 Å². The number of hydrogen-bond donors (Lipinski definition) is 3. The van der Waals surface area contributed by atoms with E-state index in [9.17, 15) is 9.59 Å². The van der Waals surface area contributed by atoms with Crippen LogP contribution in [0.3, 0.4) is 0 Å². The summed E-state index contributed by atoms with van der Waals surface area (Å²) in [7, 11) is 0. The lowest BCUT2D eigenvalue weighted by Crippen LogP contribution is -2.28. The van der Waals surface area contributed by atoms with Crippen molar-refractivity contribution in [3.63, 3.8) is 0 Å². The van der Waals surface area contributed by atoms with Crippen molar-refractivity contribution in [2.75, 3.05) is 11.9 Å². The van der Waals surface area contributed by atoms with E-state index in [0.717, 1.165) is 35.4 Å². The summed E-state index contributed by atoms with van der Waals surface area (Å²) in [6.07, 6.45) is 2.10. The highest BCUT2D eigenvalue weighted by Gasteiger charge is 2.09. The fourth-order valence-electron chi connectivity index (χ4n) is 2.36. The molecule has 2 rings (SSSR count). The van der Waals surface area contributed by atoms with E-state index in [1.165, 1.54) is 0 Å². The van der Waals surface area contributed by atoms with Crippen molar-refractivity contribution in [1.82, 2.24) is 5.32 Å². The van der Waals surface area contributed by atoms with Gasteiger partial charge in [0.1, 0.15) is 5.75 Å². The molecule has 26 heavy (non-hydrogen) atoms. The summed E-state index contributed by atoms with van der Waals surface area (Å²) < 4.78 is 5.67. The molecule has 0 aliphatic rings. The van der Waals surface area contributed by atoms with Crippen molar-refractivity contribution in [3.05, 3.63) is 59.2 Å². The summed E-state index contributed by atoms with van der Waals surface area (Å²) in [5.74, 6) is 0.613. The van der Waals surface area contributed by atoms with Crippen LogP contribution >= 0.6 is 0 Å². The molecule has 0 aliphatic carbocycles. The monoisotopic (exact) mass is 355 g/mol. The van der Waals surface area contributed by atoms with Crippen molar-refractivity contribution in [2.24, 2.45) is 5.73 Å². The summed E-state index contributed by atoms with van der Waals surface area (Å²) in [5, 5.41) is 5.41. The van der Waals surface area contributed by atoms with Gasteiger partial charge in [-0.05, 0) is 54.8 Å². The predicted molar refractivity (Wildman–Crippen MR) is 102 cm³/mol. The van der Waals surface area contributed by atoms with Crippen LogP contribution in [0.1, 0.15) is 41.3 Å². The summed E-state index contributed by atoms with van der Waals surface area (Å²) in [4.78, 5) is 23.1. The standard InChI is InChI=1S/C20H25N3O3/c1-3-4-11-26-17-9-10-18(14(2)12-17)23-19(24)16-7-5-15(6-8-16)13-22-20(21)25/h5-10,12H,3-4,11,13H2,1-2H3,(H,23,24)(H3,21,22,25). The van der Waals surface area contributed by atoms with Gasteiger partial charge in [0.15, 0.2) is 0 Å². The third-order valence-corrected chi connectivity index (χ3v) is 3.90. The molecule has 0 aliphatic heterocycles. The first-order valence-electron chi connectivity index (χ1n) is 8.66. The van der Waals surface area contributed by atoms with E-state index >= 15 is 0 Å². The molecule has 2 aromatic rings. The Labute approximate surface area is 153 Å². The second kappa shape index (κ2) is 9.46. The Morgan fingerprint density at radius 2 is 1.85 bits per heavy atom. The largest absolute Gasteiger partial charge is 0.494 e. The van der Waals surface area contributed by atoms with Crippen LogP contribution in [0.4, 0.5) is 10.5 Å². The number of carbonyl (C=O) groups excluding carboxylic acids is 2. The van der Waals surface area contributed by atoms with Crippen LogP contribution in [0.15, 0.2) is 42.5 Å². The Morgan fingerprint density at radius 1 is 1.12 bits per heavy atom. The highest BCUT2D eigenvalue weighted by atomic mass is 16.5. The van der Waals surface area contributed by atoms with Crippen molar-refractivity contribution in [1.29, 1.82) is 0 Å². The van der Waals surface area contributed by atoms with E-state index < -0.39 is 6.03 Å². The summed E-state index contributed by atoms with van der Waals surface area (Å²) in [6.45, 7) is 5.07. The number of nitrogens with one attached hydrogen (secondary N) is 2. The van der Waals surface area contributed by atoms with E-state index in [4.69, 9.17) is 10.5 Å². The summed E-state index contributed by atoms with van der Waals surface area (Å²) in [5.41, 5.74) is 8.13. The van der Waals surface area contributed by atoms with Crippen molar-refractivity contribution in [3.8, 4) is 5.75 Å². The maximum Gasteiger partial charge on any atom is 0.312 e. The van der Waals surface area contributed by atoms with Crippen LogP contribution in [0.5, 0.6) is 5.75 Å². The highest BCUT2D eigenvalue weighted by molar-refractivity contribution is 6.04. The Bertz CT molecular complexity index is 757. The first-order valence-corrected chi connectivity index (χ1v) is 8.66. The lowest BCUT2D eigenvalue weighted by atomic mass is 10.1. The fourth-order valence-corrected chi connectivity index (χ4v) is 2.36. The molecule has 4 N–H and O–H groups in total. The minimum Gasteiger partial charge on any atom is -0.494 e. The molecule has 0 fully saturated rings. The maximum atomic E-state index is 12.4. The first kappa shape index (κ1) is 19.3. The first-order chi connectivity index (χ1) is 12.5. The summed E-state index contributed by atoms with van der Waals surface area (Å²) in [6, 6.07) is 12.0. The number of carbonyl (C=O) groups is 2. The zero-order valence-corrected chi connectivity index (χ0v) is 15.2. The number of rotatable bonds is 8. The molecular formula is C20H25N3O3. The Balaban J connectivity index is 1.97. The molecule has 0 heterocycles. The Hall–Kier alpha value is -3.02. The molecule has 0 atom stereocenters. The van der Waals surface area contributed by atoms with E-state index in [2.05, 4.69) is 17.6 Å². The number of anilines is 1. The molecule has 2 aromatic carbocycles. The van der Waals surface area contributed by atoms with Crippen LogP contribution in [0.25, 0.3) is 0 Å². The zero-order chi connectivity index (χ0) is 18.9. The zero-order valence-electron chi connectivity index (χ0n) is 15.2. The van der Waals surface area contributed by atoms with E-state index in [-0.39, 0.29) is 5.91 Å². The van der Waals surface area contributed by atoms with Crippen molar-refractivity contribution >= 4 is 17.6 Å². The average Bonchev–Trinajstić information content (AvgIpc) is 2.62. The van der Waals surface area contributed by atoms with Gasteiger partial charge in [-0.25, -0.2) is 4.79 Å². The van der Waals surface area contributed by atoms with Crippen LogP contribution in [0.2, 0.25) is 0 Å². The normalized spacial score (nSPS) is 10.2. The van der Waals surface area contributed by atoms with E-state index in [1.54, 1.807) is 24.3 Å². The fraction of sp³-hybridized carbons (Fsp3) is 0.300. The van der Waals surface area contributed by atoms with Gasteiger partial charge in [0, 0.05) is 17.8 Å². The lowest BCUT2D eigenvalue weighted by Gasteiger charge is -2.11. The number of nitrogens with two attached hydrogens (primary N) is 1. The molecule has 0 aromatic heterocycles. The minimum absolute atomic E-state index is 0.192. The number of hydrogen-bond acceptors (Lipinski definition) is 3. The molecule has 0 saturated carbocycles. The number of aryl methyl sites for hydroxylation is 1. The van der Waals surface area contributed by atoms with Gasteiger partial charge in [0.2, 0.25) is 0 Å². The molecule has 3 amide bonds. The van der Waals surface area contributed by atoms with Gasteiger partial charge in [-0.3, -0.25) is 4.79 Å². The lowest BCUT2D eigenvalue weighted by molar-refractivity contribution is 0.102. The Morgan fingerprint density at radius 3 is 2.46 bits per heavy atom. The molecule has 0 unspecified atom stereocenters. The number of amides is 3. The number of unbranched alkanes of at least 4 members (excludes halogenated alkanes) is 1. The topological polar surface area (TPSA) is 93.4 Å². The van der Waals surface area contributed by atoms with Crippen LogP contribution in [-0.4, -0.2) is 18.5 Å². The predicted octanol–water partition coefficient (Wildman–Crippen LogP) is 3.59. The second-order valence-corrected chi connectivity index (χ2v) is 6.05. The average molecular weight is 355 g/mol. The van der Waals surface area contributed by atoms with Gasteiger partial charge in [-0.15, -0.1) is 0 Å². The van der Waals surface area contributed by atoms with Gasteiger partial charge >= 0.3 is 6.03 Å². The van der Waals surface area contributed by atoms with Crippen LogP contribution in [0, 0.1) is 6.92 Å². The third kappa shape index (κ3) is 5.81. The van der Waals surface area contributed by atoms with Crippen molar-refractivity contribution < 1.29 is 14.3 Å². The van der Waals surface area contributed by atoms with Crippen LogP contribution in [-0.2, 0) is 6.54 Å². The van der Waals surface area contributed by atoms with Gasteiger partial charge < -0.3 is 21.1 Å². The minimum atomic E-state index is -0.579. The second-order valence-electron chi connectivity index (χ2n) is 6.05. The number of benzene rings is 2.